The number of alkyl halides is 3. The Balaban J connectivity index is 1.55. The summed E-state index contributed by atoms with van der Waals surface area (Å²) < 4.78 is 55.8. The van der Waals surface area contributed by atoms with Crippen LogP contribution in [0.1, 0.15) is 39.9 Å². The molecule has 3 amide bonds. The van der Waals surface area contributed by atoms with Crippen LogP contribution >= 0.6 is 0 Å². The summed E-state index contributed by atoms with van der Waals surface area (Å²) in [6.07, 6.45) is -1.82. The Morgan fingerprint density at radius 3 is 2.30 bits per heavy atom. The van der Waals surface area contributed by atoms with E-state index in [4.69, 9.17) is 5.10 Å². The number of rotatable bonds is 6. The molecule has 0 saturated heterocycles. The van der Waals surface area contributed by atoms with E-state index < -0.39 is 41.3 Å². The highest BCUT2D eigenvalue weighted by atomic mass is 19.4. The Morgan fingerprint density at radius 1 is 0.977 bits per heavy atom. The summed E-state index contributed by atoms with van der Waals surface area (Å²) in [7, 11) is 0. The maximum Gasteiger partial charge on any atom is 0.416 e. The molecule has 218 valence electrons. The van der Waals surface area contributed by atoms with Gasteiger partial charge in [-0.2, -0.15) is 13.2 Å². The molecule has 3 heterocycles. The minimum atomic E-state index is -4.68. The van der Waals surface area contributed by atoms with E-state index in [1.54, 1.807) is 31.2 Å². The van der Waals surface area contributed by atoms with E-state index in [1.807, 2.05) is 6.07 Å². The summed E-state index contributed by atoms with van der Waals surface area (Å²) in [5.74, 6) is -2.80. The highest BCUT2D eigenvalue weighted by molar-refractivity contribution is 6.11. The van der Waals surface area contributed by atoms with Crippen molar-refractivity contribution >= 4 is 29.4 Å². The largest absolute Gasteiger partial charge is 0.416 e. The quantitative estimate of drug-likeness (QED) is 0.314. The fourth-order valence-electron chi connectivity index (χ4n) is 5.38. The van der Waals surface area contributed by atoms with Crippen molar-refractivity contribution < 1.29 is 31.9 Å². The molecule has 1 N–H and O–H groups in total. The van der Waals surface area contributed by atoms with Crippen molar-refractivity contribution in [2.24, 2.45) is 0 Å². The first-order valence-electron chi connectivity index (χ1n) is 13.3. The summed E-state index contributed by atoms with van der Waals surface area (Å²) in [5, 5.41) is 7.38. The summed E-state index contributed by atoms with van der Waals surface area (Å²) in [5.41, 5.74) is 0.112. The summed E-state index contributed by atoms with van der Waals surface area (Å²) in [4.78, 5) is 43.0. The normalized spacial score (nSPS) is 18.0. The number of halogens is 4. The van der Waals surface area contributed by atoms with Crippen LogP contribution in [0.2, 0.25) is 0 Å². The van der Waals surface area contributed by atoms with E-state index >= 15 is 0 Å². The third-order valence-electron chi connectivity index (χ3n) is 7.43. The summed E-state index contributed by atoms with van der Waals surface area (Å²) >= 11 is 0. The number of anilines is 2. The van der Waals surface area contributed by atoms with Crippen LogP contribution in [0.25, 0.3) is 5.69 Å². The van der Waals surface area contributed by atoms with Gasteiger partial charge < -0.3 is 5.32 Å². The minimum Gasteiger partial charge on any atom is -0.339 e. The third-order valence-corrected chi connectivity index (χ3v) is 7.43. The lowest BCUT2D eigenvalue weighted by Gasteiger charge is -2.39. The van der Waals surface area contributed by atoms with E-state index in [9.17, 15) is 31.9 Å². The van der Waals surface area contributed by atoms with Crippen molar-refractivity contribution in [3.8, 4) is 5.69 Å². The first kappa shape index (κ1) is 27.9. The monoisotopic (exact) mass is 589 g/mol. The molecule has 0 fully saturated rings. The van der Waals surface area contributed by atoms with Crippen LogP contribution in [0.4, 0.5) is 29.2 Å². The molecule has 2 atom stereocenters. The number of carbonyl (C=O) groups is 3. The van der Waals surface area contributed by atoms with Crippen molar-refractivity contribution in [3.63, 3.8) is 0 Å². The Kier molecular flexibility index (Phi) is 6.83. The van der Waals surface area contributed by atoms with Crippen molar-refractivity contribution in [3.05, 3.63) is 119 Å². The maximum atomic E-state index is 14.2. The number of hydrogen-bond acceptors (Lipinski definition) is 4. The molecular formula is C31H23F4N5O3. The molecule has 0 unspecified atom stereocenters. The van der Waals surface area contributed by atoms with Gasteiger partial charge in [0.25, 0.3) is 17.7 Å². The molecule has 8 nitrogen and oxygen atoms in total. The van der Waals surface area contributed by atoms with Crippen molar-refractivity contribution in [2.75, 3.05) is 16.3 Å². The van der Waals surface area contributed by atoms with Crippen LogP contribution in [-0.4, -0.2) is 40.1 Å². The molecule has 43 heavy (non-hydrogen) atoms. The van der Waals surface area contributed by atoms with Crippen LogP contribution in [0, 0.1) is 5.82 Å². The van der Waals surface area contributed by atoms with Gasteiger partial charge in [0.05, 0.1) is 16.8 Å². The van der Waals surface area contributed by atoms with Crippen LogP contribution < -0.4 is 15.1 Å². The number of carbonyl (C=O) groups excluding carboxylic acids is 3. The smallest absolute Gasteiger partial charge is 0.339 e. The second-order valence-electron chi connectivity index (χ2n) is 9.97. The predicted molar refractivity (Wildman–Crippen MR) is 149 cm³/mol. The van der Waals surface area contributed by atoms with Gasteiger partial charge in [-0.15, -0.1) is 5.10 Å². The number of para-hydroxylation sites is 1. The molecule has 4 aromatic rings. The number of hydrogen-bond donors (Lipinski definition) is 1. The van der Waals surface area contributed by atoms with E-state index in [1.165, 1.54) is 57.1 Å². The lowest BCUT2D eigenvalue weighted by atomic mass is 9.81. The van der Waals surface area contributed by atoms with Gasteiger partial charge in [0.1, 0.15) is 17.7 Å². The molecular weight excluding hydrogens is 566 g/mol. The molecule has 1 aromatic heterocycles. The van der Waals surface area contributed by atoms with Gasteiger partial charge in [-0.1, -0.05) is 36.4 Å². The summed E-state index contributed by atoms with van der Waals surface area (Å²) in [6, 6.07) is 16.8. The molecule has 3 aromatic carbocycles. The number of nitrogens with zero attached hydrogens (tertiary/aromatic N) is 4. The fourth-order valence-corrected chi connectivity index (χ4v) is 5.38. The lowest BCUT2D eigenvalue weighted by molar-refractivity contribution is -0.137. The second kappa shape index (κ2) is 10.5. The second-order valence-corrected chi connectivity index (χ2v) is 9.97. The first-order chi connectivity index (χ1) is 20.6. The molecule has 0 spiro atoms. The number of nitrogens with one attached hydrogen (secondary N) is 1. The fraction of sp³-hybridized carbons (Fsp3) is 0.161. The average molecular weight is 590 g/mol. The zero-order valence-corrected chi connectivity index (χ0v) is 22.5. The van der Waals surface area contributed by atoms with E-state index in [-0.39, 0.29) is 23.8 Å². The van der Waals surface area contributed by atoms with Crippen molar-refractivity contribution in [2.45, 2.75) is 25.1 Å². The number of likely N-dealkylation sites (N-methyl/N-ethyl adjacent to an activating group) is 1. The van der Waals surface area contributed by atoms with Gasteiger partial charge in [-0.3, -0.25) is 24.2 Å². The number of fused-ring (bicyclic) bond motifs is 1. The molecule has 0 saturated carbocycles. The first-order valence-corrected chi connectivity index (χ1v) is 13.3. The molecule has 0 radical (unpaired) electrons. The van der Waals surface area contributed by atoms with Crippen molar-refractivity contribution in [1.82, 2.24) is 15.1 Å². The molecule has 2 aliphatic heterocycles. The highest BCUT2D eigenvalue weighted by Gasteiger charge is 2.48. The summed E-state index contributed by atoms with van der Waals surface area (Å²) in [6.45, 7) is 1.86. The minimum absolute atomic E-state index is 0.139. The van der Waals surface area contributed by atoms with E-state index in [0.717, 1.165) is 12.1 Å². The zero-order chi connectivity index (χ0) is 30.5. The van der Waals surface area contributed by atoms with Crippen molar-refractivity contribution in [1.29, 1.82) is 0 Å². The molecule has 2 aliphatic rings. The zero-order valence-electron chi connectivity index (χ0n) is 22.5. The van der Waals surface area contributed by atoms with Crippen LogP contribution in [0.3, 0.4) is 0 Å². The van der Waals surface area contributed by atoms with E-state index in [2.05, 4.69) is 5.32 Å². The van der Waals surface area contributed by atoms with Crippen LogP contribution in [0.5, 0.6) is 0 Å². The van der Waals surface area contributed by atoms with E-state index in [0.29, 0.717) is 28.7 Å². The Labute approximate surface area is 242 Å². The lowest BCUT2D eigenvalue weighted by Crippen LogP contribution is -2.55. The number of benzene rings is 3. The van der Waals surface area contributed by atoms with Gasteiger partial charge in [-0.25, -0.2) is 9.07 Å². The SMILES string of the molecule is CCN1C(=O)[C@@H](NC(=O)c2cccc(C(F)(F)F)c2)[C@@H](c2ccc(F)cc2)c2c(N3C=CC3=O)nn(-c3ccccc3)c21. The number of amides is 3. The molecule has 0 bridgehead atoms. The Hall–Kier alpha value is -5.26. The van der Waals surface area contributed by atoms with Gasteiger partial charge in [0, 0.05) is 30.3 Å². The topological polar surface area (TPSA) is 87.5 Å². The van der Waals surface area contributed by atoms with Crippen LogP contribution in [0.15, 0.2) is 91.1 Å². The van der Waals surface area contributed by atoms with Gasteiger partial charge in [0.2, 0.25) is 0 Å². The van der Waals surface area contributed by atoms with Gasteiger partial charge in [0.15, 0.2) is 5.82 Å². The highest BCUT2D eigenvalue weighted by Crippen LogP contribution is 2.47. The Bertz CT molecular complexity index is 1770. The van der Waals surface area contributed by atoms with Gasteiger partial charge >= 0.3 is 6.18 Å². The molecule has 6 rings (SSSR count). The molecule has 0 aliphatic carbocycles. The molecule has 12 heteroatoms. The number of aromatic nitrogens is 2. The Morgan fingerprint density at radius 2 is 1.70 bits per heavy atom. The predicted octanol–water partition coefficient (Wildman–Crippen LogP) is 5.19. The maximum absolute atomic E-state index is 14.2. The third kappa shape index (κ3) is 4.84. The standard InChI is InChI=1S/C31H23F4N5O3/c1-2-38-29-25(27(39-16-15-23(39)41)37-40(29)22-9-4-3-5-10-22)24(18-11-13-21(32)14-12-18)26(30(38)43)36-28(42)19-7-6-8-20(17-19)31(33,34)35/h3-17,24,26H,2H2,1H3,(H,36,42)/t24-,26-/m0/s1. The van der Waals surface area contributed by atoms with Gasteiger partial charge in [-0.05, 0) is 55.0 Å². The average Bonchev–Trinajstić information content (AvgIpc) is 3.36. The van der Waals surface area contributed by atoms with Crippen LogP contribution in [-0.2, 0) is 15.8 Å².